The molecule has 0 saturated carbocycles. The van der Waals surface area contributed by atoms with E-state index < -0.39 is 0 Å². The van der Waals surface area contributed by atoms with Crippen molar-refractivity contribution in [2.45, 2.75) is 6.92 Å². The highest BCUT2D eigenvalue weighted by atomic mass is 15.3. The lowest BCUT2D eigenvalue weighted by molar-refractivity contribution is 0.842. The third kappa shape index (κ3) is 2.72. The van der Waals surface area contributed by atoms with Crippen molar-refractivity contribution < 1.29 is 0 Å². The summed E-state index contributed by atoms with van der Waals surface area (Å²) in [4.78, 5) is 4.61. The van der Waals surface area contributed by atoms with Gasteiger partial charge >= 0.3 is 0 Å². The van der Waals surface area contributed by atoms with Crippen LogP contribution in [0.2, 0.25) is 0 Å². The van der Waals surface area contributed by atoms with E-state index in [1.165, 1.54) is 11.1 Å². The van der Waals surface area contributed by atoms with E-state index >= 15 is 0 Å². The molecule has 0 fully saturated rings. The maximum Gasteiger partial charge on any atom is 0.181 e. The summed E-state index contributed by atoms with van der Waals surface area (Å²) in [5.41, 5.74) is 4.41. The van der Waals surface area contributed by atoms with Crippen molar-refractivity contribution in [2.75, 3.05) is 0 Å². The predicted molar refractivity (Wildman–Crippen MR) is 97.0 cm³/mol. The van der Waals surface area contributed by atoms with Gasteiger partial charge in [-0.3, -0.25) is 0 Å². The van der Waals surface area contributed by atoms with E-state index in [0.29, 0.717) is 0 Å². The lowest BCUT2D eigenvalue weighted by Crippen LogP contribution is -1.99. The van der Waals surface area contributed by atoms with Gasteiger partial charge in [0, 0.05) is 5.56 Å². The second kappa shape index (κ2) is 6.13. The van der Waals surface area contributed by atoms with Crippen LogP contribution in [-0.4, -0.2) is 14.8 Å². The van der Waals surface area contributed by atoms with Crippen molar-refractivity contribution in [1.29, 1.82) is 0 Å². The van der Waals surface area contributed by atoms with E-state index in [-0.39, 0.29) is 0 Å². The standard InChI is InChI=1S/C21H17N3/c1-16-22-21(18-11-6-3-7-12-18)23-24(16)20-14-8-13-19(15-20)17-9-4-2-5-10-17/h2-15H,1H3. The van der Waals surface area contributed by atoms with Crippen LogP contribution in [0.15, 0.2) is 84.9 Å². The summed E-state index contributed by atoms with van der Waals surface area (Å²) in [5.74, 6) is 1.62. The van der Waals surface area contributed by atoms with Crippen molar-refractivity contribution in [3.63, 3.8) is 0 Å². The maximum atomic E-state index is 4.69. The van der Waals surface area contributed by atoms with Gasteiger partial charge < -0.3 is 0 Å². The number of nitrogens with zero attached hydrogens (tertiary/aromatic N) is 3. The van der Waals surface area contributed by atoms with Crippen LogP contribution >= 0.6 is 0 Å². The minimum Gasteiger partial charge on any atom is -0.218 e. The van der Waals surface area contributed by atoms with Gasteiger partial charge in [-0.1, -0.05) is 72.8 Å². The molecule has 3 heteroatoms. The second-order valence-corrected chi connectivity index (χ2v) is 5.68. The molecule has 4 aromatic rings. The van der Waals surface area contributed by atoms with E-state index in [1.54, 1.807) is 0 Å². The van der Waals surface area contributed by atoms with Crippen molar-refractivity contribution in [3.8, 4) is 28.2 Å². The van der Waals surface area contributed by atoms with E-state index in [0.717, 1.165) is 22.9 Å². The fourth-order valence-corrected chi connectivity index (χ4v) is 2.79. The Balaban J connectivity index is 1.76. The first kappa shape index (κ1) is 14.4. The highest BCUT2D eigenvalue weighted by molar-refractivity contribution is 5.66. The summed E-state index contributed by atoms with van der Waals surface area (Å²) in [6, 6.07) is 28.8. The molecule has 0 aliphatic heterocycles. The van der Waals surface area contributed by atoms with Gasteiger partial charge in [0.15, 0.2) is 5.82 Å². The average molecular weight is 311 g/mol. The Morgan fingerprint density at radius 1 is 0.667 bits per heavy atom. The Hall–Kier alpha value is -3.20. The summed E-state index contributed by atoms with van der Waals surface area (Å²) < 4.78 is 1.90. The Kier molecular flexibility index (Phi) is 3.67. The van der Waals surface area contributed by atoms with Crippen molar-refractivity contribution in [2.24, 2.45) is 0 Å². The van der Waals surface area contributed by atoms with Crippen molar-refractivity contribution in [1.82, 2.24) is 14.8 Å². The Labute approximate surface area is 141 Å². The van der Waals surface area contributed by atoms with Gasteiger partial charge in [-0.2, -0.15) is 0 Å². The molecular formula is C21H17N3. The molecule has 0 amide bonds. The van der Waals surface area contributed by atoms with Gasteiger partial charge in [0.05, 0.1) is 5.69 Å². The highest BCUT2D eigenvalue weighted by Gasteiger charge is 2.10. The minimum absolute atomic E-state index is 0.748. The van der Waals surface area contributed by atoms with Gasteiger partial charge in [-0.05, 0) is 30.2 Å². The van der Waals surface area contributed by atoms with Crippen LogP contribution < -0.4 is 0 Å². The molecule has 0 aliphatic carbocycles. The van der Waals surface area contributed by atoms with Crippen LogP contribution in [0.5, 0.6) is 0 Å². The fourth-order valence-electron chi connectivity index (χ4n) is 2.79. The van der Waals surface area contributed by atoms with E-state index in [4.69, 9.17) is 5.10 Å². The summed E-state index contributed by atoms with van der Waals surface area (Å²) >= 11 is 0. The summed E-state index contributed by atoms with van der Waals surface area (Å²) in [5, 5.41) is 4.69. The topological polar surface area (TPSA) is 30.7 Å². The number of rotatable bonds is 3. The molecule has 0 bridgehead atoms. The summed E-state index contributed by atoms with van der Waals surface area (Å²) in [6.07, 6.45) is 0. The van der Waals surface area contributed by atoms with E-state index in [2.05, 4.69) is 53.5 Å². The SMILES string of the molecule is Cc1nc(-c2ccccc2)nn1-c1cccc(-c2ccccc2)c1. The molecule has 24 heavy (non-hydrogen) atoms. The quantitative estimate of drug-likeness (QED) is 0.538. The van der Waals surface area contributed by atoms with Gasteiger partial charge in [-0.15, -0.1) is 5.10 Å². The van der Waals surface area contributed by atoms with Gasteiger partial charge in [-0.25, -0.2) is 9.67 Å². The molecule has 0 radical (unpaired) electrons. The van der Waals surface area contributed by atoms with Gasteiger partial charge in [0.2, 0.25) is 0 Å². The molecule has 0 unspecified atom stereocenters. The monoisotopic (exact) mass is 311 g/mol. The van der Waals surface area contributed by atoms with Crippen molar-refractivity contribution >= 4 is 0 Å². The van der Waals surface area contributed by atoms with E-state index in [1.807, 2.05) is 48.0 Å². The summed E-state index contributed by atoms with van der Waals surface area (Å²) in [6.45, 7) is 1.98. The number of aromatic nitrogens is 3. The number of hydrogen-bond acceptors (Lipinski definition) is 2. The van der Waals surface area contributed by atoms with Gasteiger partial charge in [0.25, 0.3) is 0 Å². The predicted octanol–water partition coefficient (Wildman–Crippen LogP) is 4.91. The highest BCUT2D eigenvalue weighted by Crippen LogP contribution is 2.23. The number of hydrogen-bond donors (Lipinski definition) is 0. The molecule has 4 rings (SSSR count). The molecule has 0 N–H and O–H groups in total. The molecule has 0 atom stereocenters. The molecule has 1 heterocycles. The van der Waals surface area contributed by atoms with Crippen LogP contribution in [0, 0.1) is 6.92 Å². The molecule has 1 aromatic heterocycles. The lowest BCUT2D eigenvalue weighted by atomic mass is 10.1. The molecule has 0 spiro atoms. The normalized spacial score (nSPS) is 10.7. The molecule has 116 valence electrons. The Morgan fingerprint density at radius 2 is 1.29 bits per heavy atom. The zero-order valence-electron chi connectivity index (χ0n) is 13.4. The molecular weight excluding hydrogens is 294 g/mol. The summed E-state index contributed by atoms with van der Waals surface area (Å²) in [7, 11) is 0. The molecule has 3 nitrogen and oxygen atoms in total. The second-order valence-electron chi connectivity index (χ2n) is 5.68. The van der Waals surface area contributed by atoms with E-state index in [9.17, 15) is 0 Å². The molecule has 0 aliphatic rings. The largest absolute Gasteiger partial charge is 0.218 e. The third-order valence-electron chi connectivity index (χ3n) is 4.00. The molecule has 3 aromatic carbocycles. The smallest absolute Gasteiger partial charge is 0.181 e. The Morgan fingerprint density at radius 3 is 2.00 bits per heavy atom. The number of aryl methyl sites for hydroxylation is 1. The number of benzene rings is 3. The lowest BCUT2D eigenvalue weighted by Gasteiger charge is -2.06. The van der Waals surface area contributed by atoms with Crippen LogP contribution in [0.3, 0.4) is 0 Å². The molecule has 0 saturated heterocycles. The van der Waals surface area contributed by atoms with Crippen molar-refractivity contribution in [3.05, 3.63) is 90.8 Å². The third-order valence-corrected chi connectivity index (χ3v) is 4.00. The van der Waals surface area contributed by atoms with Gasteiger partial charge in [0.1, 0.15) is 5.82 Å². The van der Waals surface area contributed by atoms with Crippen LogP contribution in [-0.2, 0) is 0 Å². The first-order valence-electron chi connectivity index (χ1n) is 7.96. The first-order valence-corrected chi connectivity index (χ1v) is 7.96. The fraction of sp³-hybridized carbons (Fsp3) is 0.0476. The van der Waals surface area contributed by atoms with Crippen LogP contribution in [0.4, 0.5) is 0 Å². The minimum atomic E-state index is 0.748. The first-order chi connectivity index (χ1) is 11.8. The Bertz CT molecular complexity index is 957. The zero-order valence-corrected chi connectivity index (χ0v) is 13.4. The maximum absolute atomic E-state index is 4.69. The van der Waals surface area contributed by atoms with Crippen LogP contribution in [0.25, 0.3) is 28.2 Å². The van der Waals surface area contributed by atoms with Crippen LogP contribution in [0.1, 0.15) is 5.82 Å². The zero-order chi connectivity index (χ0) is 16.4. The average Bonchev–Trinajstić information content (AvgIpc) is 3.05.